The van der Waals surface area contributed by atoms with E-state index < -0.39 is 0 Å². The molecule has 3 heterocycles. The number of nitrogens with zero attached hydrogens (tertiary/aromatic N) is 2. The van der Waals surface area contributed by atoms with E-state index in [9.17, 15) is 4.39 Å². The van der Waals surface area contributed by atoms with Crippen LogP contribution >= 0.6 is 11.3 Å². The summed E-state index contributed by atoms with van der Waals surface area (Å²) >= 11 is 1.84. The number of hydrogen-bond acceptors (Lipinski definition) is 3. The first-order chi connectivity index (χ1) is 14.7. The number of aromatic amines is 1. The van der Waals surface area contributed by atoms with Crippen LogP contribution in [-0.2, 0) is 13.0 Å². The fourth-order valence-corrected chi connectivity index (χ4v) is 4.97. The molecule has 3 N–H and O–H groups in total. The van der Waals surface area contributed by atoms with Gasteiger partial charge >= 0.3 is 0 Å². The Bertz CT molecular complexity index is 965. The molecule has 7 heteroatoms. The molecule has 5 nitrogen and oxygen atoms in total. The zero-order valence-electron chi connectivity index (χ0n) is 17.5. The maximum Gasteiger partial charge on any atom is 0.190 e. The molecule has 1 unspecified atom stereocenters. The lowest BCUT2D eigenvalue weighted by atomic mass is 9.98. The predicted octanol–water partition coefficient (Wildman–Crippen LogP) is 3.99. The largest absolute Gasteiger partial charge is 0.361 e. The summed E-state index contributed by atoms with van der Waals surface area (Å²) in [6, 6.07) is 9.22. The summed E-state index contributed by atoms with van der Waals surface area (Å²) in [7, 11) is 1.81. The molecule has 1 aliphatic heterocycles. The predicted molar refractivity (Wildman–Crippen MR) is 124 cm³/mol. The van der Waals surface area contributed by atoms with Crippen LogP contribution in [0, 0.1) is 11.7 Å². The summed E-state index contributed by atoms with van der Waals surface area (Å²) in [6.45, 7) is 5.05. The lowest BCUT2D eigenvalue weighted by molar-refractivity contribution is 0.169. The van der Waals surface area contributed by atoms with Crippen LogP contribution in [0.25, 0.3) is 10.9 Å². The molecule has 1 saturated heterocycles. The van der Waals surface area contributed by atoms with Gasteiger partial charge in [-0.2, -0.15) is 0 Å². The normalized spacial score (nSPS) is 18.1. The molecule has 1 aliphatic rings. The van der Waals surface area contributed by atoms with Crippen LogP contribution in [0.5, 0.6) is 0 Å². The van der Waals surface area contributed by atoms with Gasteiger partial charge in [-0.05, 0) is 66.9 Å². The highest BCUT2D eigenvalue weighted by molar-refractivity contribution is 7.09. The van der Waals surface area contributed by atoms with Crippen molar-refractivity contribution in [1.29, 1.82) is 0 Å². The zero-order valence-corrected chi connectivity index (χ0v) is 18.3. The van der Waals surface area contributed by atoms with Crippen LogP contribution in [0.1, 0.15) is 23.3 Å². The number of thiophene rings is 1. The van der Waals surface area contributed by atoms with E-state index in [0.717, 1.165) is 55.0 Å². The first kappa shape index (κ1) is 20.9. The third-order valence-corrected chi connectivity index (χ3v) is 6.62. The Balaban J connectivity index is 1.22. The molecule has 2 aromatic heterocycles. The van der Waals surface area contributed by atoms with Crippen molar-refractivity contribution in [1.82, 2.24) is 20.5 Å². The second-order valence-corrected chi connectivity index (χ2v) is 8.99. The van der Waals surface area contributed by atoms with Crippen molar-refractivity contribution < 1.29 is 4.39 Å². The summed E-state index contributed by atoms with van der Waals surface area (Å²) in [4.78, 5) is 11.6. The average Bonchev–Trinajstić information content (AvgIpc) is 3.40. The van der Waals surface area contributed by atoms with Crippen molar-refractivity contribution in [2.24, 2.45) is 10.9 Å². The van der Waals surface area contributed by atoms with Crippen molar-refractivity contribution in [3.63, 3.8) is 0 Å². The molecule has 3 aromatic rings. The molecule has 0 aliphatic carbocycles. The molecule has 1 aromatic carbocycles. The minimum atomic E-state index is -0.200. The summed E-state index contributed by atoms with van der Waals surface area (Å²) in [5, 5.41) is 9.99. The summed E-state index contributed by atoms with van der Waals surface area (Å²) < 4.78 is 13.5. The Labute approximate surface area is 181 Å². The van der Waals surface area contributed by atoms with Gasteiger partial charge in [0.2, 0.25) is 0 Å². The Hall–Kier alpha value is -2.38. The van der Waals surface area contributed by atoms with Crippen LogP contribution in [0.15, 0.2) is 46.9 Å². The van der Waals surface area contributed by atoms with Crippen LogP contribution in [-0.4, -0.2) is 49.1 Å². The standard InChI is InChI=1S/C23H30FN5S/c1-25-23(26-9-8-18-14-27-22-7-6-19(24)12-21(18)22)28-13-17-4-2-10-29(15-17)16-20-5-3-11-30-20/h3,5-7,11-12,14,17,27H,2,4,8-10,13,15-16H2,1H3,(H2,25,26,28). The van der Waals surface area contributed by atoms with Crippen LogP contribution in [0.4, 0.5) is 4.39 Å². The zero-order chi connectivity index (χ0) is 20.8. The first-order valence-electron chi connectivity index (χ1n) is 10.7. The molecule has 30 heavy (non-hydrogen) atoms. The minimum absolute atomic E-state index is 0.200. The van der Waals surface area contributed by atoms with Gasteiger partial charge in [0.15, 0.2) is 5.96 Å². The van der Waals surface area contributed by atoms with E-state index in [0.29, 0.717) is 5.92 Å². The molecular formula is C23H30FN5S. The third-order valence-electron chi connectivity index (χ3n) is 5.76. The van der Waals surface area contributed by atoms with Gasteiger partial charge in [0.05, 0.1) is 0 Å². The van der Waals surface area contributed by atoms with E-state index in [-0.39, 0.29) is 5.82 Å². The molecule has 0 amide bonds. The Morgan fingerprint density at radius 2 is 2.27 bits per heavy atom. The number of aliphatic imine (C=N–C) groups is 1. The van der Waals surface area contributed by atoms with Gasteiger partial charge < -0.3 is 15.6 Å². The van der Waals surface area contributed by atoms with Crippen LogP contribution in [0.3, 0.4) is 0 Å². The second-order valence-electron chi connectivity index (χ2n) is 7.96. The third kappa shape index (κ3) is 5.40. The van der Waals surface area contributed by atoms with Crippen molar-refractivity contribution in [3.8, 4) is 0 Å². The van der Waals surface area contributed by atoms with Crippen molar-refractivity contribution >= 4 is 28.2 Å². The molecule has 4 rings (SSSR count). The van der Waals surface area contributed by atoms with E-state index in [2.05, 4.69) is 43.0 Å². The fraction of sp³-hybridized carbons (Fsp3) is 0.435. The smallest absolute Gasteiger partial charge is 0.190 e. The van der Waals surface area contributed by atoms with Gasteiger partial charge in [0.1, 0.15) is 5.82 Å². The summed E-state index contributed by atoms with van der Waals surface area (Å²) in [5.74, 6) is 1.26. The Morgan fingerprint density at radius 1 is 1.33 bits per heavy atom. The average molecular weight is 428 g/mol. The van der Waals surface area contributed by atoms with E-state index in [4.69, 9.17) is 0 Å². The number of likely N-dealkylation sites (tertiary alicyclic amines) is 1. The highest BCUT2D eigenvalue weighted by atomic mass is 32.1. The van der Waals surface area contributed by atoms with Crippen LogP contribution in [0.2, 0.25) is 0 Å². The summed E-state index contributed by atoms with van der Waals surface area (Å²) in [6.07, 6.45) is 5.28. The van der Waals surface area contributed by atoms with Gasteiger partial charge in [-0.3, -0.25) is 9.89 Å². The molecular weight excluding hydrogens is 397 g/mol. The highest BCUT2D eigenvalue weighted by Crippen LogP contribution is 2.21. The molecule has 160 valence electrons. The number of benzene rings is 1. The number of hydrogen-bond donors (Lipinski definition) is 3. The Kier molecular flexibility index (Phi) is 7.02. The van der Waals surface area contributed by atoms with Gasteiger partial charge in [0.25, 0.3) is 0 Å². The number of fused-ring (bicyclic) bond motifs is 1. The minimum Gasteiger partial charge on any atom is -0.361 e. The van der Waals surface area contributed by atoms with Crippen molar-refractivity contribution in [2.75, 3.05) is 33.2 Å². The van der Waals surface area contributed by atoms with E-state index in [1.54, 1.807) is 19.2 Å². The molecule has 0 bridgehead atoms. The molecule has 0 saturated carbocycles. The van der Waals surface area contributed by atoms with Crippen molar-refractivity contribution in [3.05, 3.63) is 58.2 Å². The first-order valence-corrected chi connectivity index (χ1v) is 11.5. The monoisotopic (exact) mass is 427 g/mol. The van der Waals surface area contributed by atoms with Gasteiger partial charge in [0, 0.05) is 55.2 Å². The fourth-order valence-electron chi connectivity index (χ4n) is 4.22. The summed E-state index contributed by atoms with van der Waals surface area (Å²) in [5.41, 5.74) is 2.09. The molecule has 1 fully saturated rings. The quantitative estimate of drug-likeness (QED) is 0.395. The number of rotatable bonds is 7. The van der Waals surface area contributed by atoms with Gasteiger partial charge in [-0.15, -0.1) is 11.3 Å². The lowest BCUT2D eigenvalue weighted by Gasteiger charge is -2.32. The number of guanidine groups is 1. The number of halogens is 1. The Morgan fingerprint density at radius 3 is 3.10 bits per heavy atom. The molecule has 0 spiro atoms. The number of nitrogens with one attached hydrogen (secondary N) is 3. The van der Waals surface area contributed by atoms with Crippen LogP contribution < -0.4 is 10.6 Å². The van der Waals surface area contributed by atoms with Gasteiger partial charge in [-0.25, -0.2) is 4.39 Å². The van der Waals surface area contributed by atoms with Crippen molar-refractivity contribution in [2.45, 2.75) is 25.8 Å². The SMILES string of the molecule is CN=C(NCCc1c[nH]c2ccc(F)cc12)NCC1CCCN(Cc2cccs2)C1. The maximum atomic E-state index is 13.5. The second kappa shape index (κ2) is 10.1. The molecule has 1 atom stereocenters. The number of H-pyrrole nitrogens is 1. The maximum absolute atomic E-state index is 13.5. The number of aromatic nitrogens is 1. The molecule has 0 radical (unpaired) electrons. The topological polar surface area (TPSA) is 55.5 Å². The lowest BCUT2D eigenvalue weighted by Crippen LogP contribution is -2.44. The van der Waals surface area contributed by atoms with Gasteiger partial charge in [-0.1, -0.05) is 6.07 Å². The highest BCUT2D eigenvalue weighted by Gasteiger charge is 2.20. The van der Waals surface area contributed by atoms with E-state index >= 15 is 0 Å². The number of piperidine rings is 1. The van der Waals surface area contributed by atoms with E-state index in [1.165, 1.54) is 30.3 Å². The van der Waals surface area contributed by atoms with E-state index in [1.807, 2.05) is 17.5 Å².